The lowest BCUT2D eigenvalue weighted by Crippen LogP contribution is -2.29. The van der Waals surface area contributed by atoms with Gasteiger partial charge < -0.3 is 37.9 Å². The van der Waals surface area contributed by atoms with Crippen LogP contribution in [0.3, 0.4) is 0 Å². The van der Waals surface area contributed by atoms with Crippen molar-refractivity contribution in [3.8, 4) is 46.0 Å². The maximum Gasteiger partial charge on any atom is 0.129 e. The van der Waals surface area contributed by atoms with Gasteiger partial charge in [-0.25, -0.2) is 0 Å². The molecule has 0 aromatic heterocycles. The maximum atomic E-state index is 6.67. The summed E-state index contributed by atoms with van der Waals surface area (Å²) in [5.41, 5.74) is 25.4. The smallest absolute Gasteiger partial charge is 0.129 e. The fraction of sp³-hybridized carbons (Fsp3) is 0.273. The molecule has 74 heavy (non-hydrogen) atoms. The van der Waals surface area contributed by atoms with Gasteiger partial charge in [-0.15, -0.1) is 0 Å². The highest BCUT2D eigenvalue weighted by Crippen LogP contribution is 2.63. The van der Waals surface area contributed by atoms with Crippen LogP contribution >= 0.6 is 0 Å². The highest BCUT2D eigenvalue weighted by molar-refractivity contribution is 5.77. The molecule has 16 bridgehead atoms. The van der Waals surface area contributed by atoms with Crippen LogP contribution in [0.2, 0.25) is 0 Å². The van der Waals surface area contributed by atoms with Gasteiger partial charge in [-0.2, -0.15) is 0 Å². The second-order valence-electron chi connectivity index (χ2n) is 20.5. The van der Waals surface area contributed by atoms with E-state index in [9.17, 15) is 0 Å². The molecule has 372 valence electrons. The van der Waals surface area contributed by atoms with E-state index in [-0.39, 0.29) is 23.7 Å². The van der Waals surface area contributed by atoms with Crippen molar-refractivity contribution in [2.75, 3.05) is 56.9 Å². The van der Waals surface area contributed by atoms with Crippen molar-refractivity contribution in [3.05, 3.63) is 232 Å². The van der Waals surface area contributed by atoms with Crippen molar-refractivity contribution in [2.24, 2.45) is 0 Å². The Morgan fingerprint density at radius 3 is 0.716 bits per heavy atom. The van der Waals surface area contributed by atoms with Crippen LogP contribution < -0.4 is 37.9 Å². The number of hydrogen-bond acceptors (Lipinski definition) is 8. The van der Waals surface area contributed by atoms with Crippen molar-refractivity contribution in [2.45, 2.75) is 63.2 Å². The molecule has 7 aliphatic carbocycles. The number of rotatable bonds is 8. The number of fused-ring (bicyclic) bond motifs is 8. The Kier molecular flexibility index (Phi) is 10.8. The van der Waals surface area contributed by atoms with E-state index in [1.165, 1.54) is 66.8 Å². The first kappa shape index (κ1) is 46.0. The first-order valence-electron chi connectivity index (χ1n) is 25.6. The lowest BCUT2D eigenvalue weighted by atomic mass is 9.60. The molecule has 15 rings (SSSR count). The minimum Gasteiger partial charge on any atom is -0.496 e. The van der Waals surface area contributed by atoms with Crippen LogP contribution in [0.5, 0.6) is 46.0 Å². The SMILES string of the molecule is COc1c2cc(c(OC)c1C)Cc1ccc3c(c1OC)C1c4ccccc4C3c3ccc(c(OC)c31)Cc1cc(c(OC)c(C)c1OC)Cc1ccc3c(c1OC)C1c4ccccc4C3c3ccc(c(OC)c31)C2. The van der Waals surface area contributed by atoms with Crippen molar-refractivity contribution >= 4 is 0 Å². The standard InChI is InChI=1S/C66H60O8/c1-33-59(67-3)39-27-35-19-23-47-51-43-15-11-13-17-45(43)53(55(47)63(35)71-7)57-49(51)25-21-37(65(57)73-9)29-41-32-42(62(70-6)34(2)61(41)69-5)30-38-22-26-50-52-44-16-12-14-18-46(44)54(58(50)66(38)74-10)56-48(52)24-20-36(64(56)72-8)28-40(31-39)60(33)68-4/h11-26,31-32,51-54H,27-30H2,1-10H3. The second-order valence-corrected chi connectivity index (χ2v) is 20.5. The van der Waals surface area contributed by atoms with Crippen LogP contribution in [0, 0.1) is 13.8 Å². The summed E-state index contributed by atoms with van der Waals surface area (Å²) < 4.78 is 52.0. The van der Waals surface area contributed by atoms with E-state index in [1.807, 2.05) is 28.4 Å². The summed E-state index contributed by atoms with van der Waals surface area (Å²) in [6.07, 6.45) is 2.28. The van der Waals surface area contributed by atoms with Crippen molar-refractivity contribution < 1.29 is 37.9 Å². The van der Waals surface area contributed by atoms with Gasteiger partial charge in [-0.1, -0.05) is 97.1 Å². The molecule has 0 N–H and O–H groups in total. The molecule has 8 aromatic carbocycles. The molecular formula is C66H60O8. The predicted octanol–water partition coefficient (Wildman–Crippen LogP) is 13.0. The zero-order valence-electron chi connectivity index (χ0n) is 43.8. The van der Waals surface area contributed by atoms with Crippen LogP contribution in [0.1, 0.15) is 146 Å². The zero-order valence-corrected chi connectivity index (χ0v) is 43.8. The molecule has 7 aliphatic rings. The molecule has 0 unspecified atom stereocenters. The third-order valence-electron chi connectivity index (χ3n) is 17.3. The molecule has 8 nitrogen and oxygen atoms in total. The molecule has 0 amide bonds. The number of ether oxygens (including phenoxy) is 8. The summed E-state index contributed by atoms with van der Waals surface area (Å²) >= 11 is 0. The molecule has 8 aromatic rings. The number of benzene rings is 8. The molecule has 0 aliphatic heterocycles. The van der Waals surface area contributed by atoms with Gasteiger partial charge in [0.1, 0.15) is 46.0 Å². The Balaban J connectivity index is 1.09. The highest BCUT2D eigenvalue weighted by Gasteiger charge is 2.47. The second kappa shape index (κ2) is 17.4. The van der Waals surface area contributed by atoms with E-state index in [2.05, 4.69) is 123 Å². The minimum atomic E-state index is -0.142. The summed E-state index contributed by atoms with van der Waals surface area (Å²) in [5, 5.41) is 0. The van der Waals surface area contributed by atoms with Crippen LogP contribution in [-0.2, 0) is 25.7 Å². The molecule has 8 heteroatoms. The monoisotopic (exact) mass is 980 g/mol. The van der Waals surface area contributed by atoms with E-state index in [1.54, 1.807) is 28.4 Å². The van der Waals surface area contributed by atoms with Gasteiger partial charge in [0.05, 0.1) is 56.9 Å². The predicted molar refractivity (Wildman–Crippen MR) is 288 cm³/mol. The largest absolute Gasteiger partial charge is 0.496 e. The van der Waals surface area contributed by atoms with Crippen LogP contribution in [0.25, 0.3) is 0 Å². The van der Waals surface area contributed by atoms with Gasteiger partial charge >= 0.3 is 0 Å². The lowest BCUT2D eigenvalue weighted by Gasteiger charge is -2.44. The van der Waals surface area contributed by atoms with E-state index >= 15 is 0 Å². The van der Waals surface area contributed by atoms with Crippen molar-refractivity contribution in [1.29, 1.82) is 0 Å². The summed E-state index contributed by atoms with van der Waals surface area (Å²) in [7, 11) is 14.3. The van der Waals surface area contributed by atoms with Gasteiger partial charge in [0.2, 0.25) is 0 Å². The van der Waals surface area contributed by atoms with E-state index in [0.717, 1.165) is 102 Å². The molecule has 0 spiro atoms. The number of hydrogen-bond donors (Lipinski definition) is 0. The van der Waals surface area contributed by atoms with Gasteiger partial charge in [0.15, 0.2) is 0 Å². The Morgan fingerprint density at radius 1 is 0.257 bits per heavy atom. The maximum absolute atomic E-state index is 6.67. The molecule has 0 atom stereocenters. The quantitative estimate of drug-likeness (QED) is 0.149. The Morgan fingerprint density at radius 2 is 0.486 bits per heavy atom. The van der Waals surface area contributed by atoms with Crippen LogP contribution in [-0.4, -0.2) is 56.9 Å². The Labute approximate surface area is 433 Å². The Bertz CT molecular complexity index is 3250. The summed E-state index contributed by atoms with van der Waals surface area (Å²) in [4.78, 5) is 0. The average molecular weight is 981 g/mol. The average Bonchev–Trinajstić information content (AvgIpc) is 3.43. The summed E-state index contributed by atoms with van der Waals surface area (Å²) in [6.45, 7) is 4.20. The first-order chi connectivity index (χ1) is 36.2. The molecule has 0 fully saturated rings. The Hall–Kier alpha value is -7.84. The molecule has 0 saturated heterocycles. The topological polar surface area (TPSA) is 73.8 Å². The van der Waals surface area contributed by atoms with E-state index in [0.29, 0.717) is 25.7 Å². The minimum absolute atomic E-state index is 0.00699. The van der Waals surface area contributed by atoms with E-state index < -0.39 is 0 Å². The zero-order chi connectivity index (χ0) is 50.8. The van der Waals surface area contributed by atoms with Crippen molar-refractivity contribution in [3.63, 3.8) is 0 Å². The fourth-order valence-electron chi connectivity index (χ4n) is 14.7. The van der Waals surface area contributed by atoms with Crippen LogP contribution in [0.15, 0.2) is 109 Å². The first-order valence-corrected chi connectivity index (χ1v) is 25.6. The number of methoxy groups -OCH3 is 8. The summed E-state index contributed by atoms with van der Waals surface area (Å²) in [6, 6.07) is 40.8. The van der Waals surface area contributed by atoms with Gasteiger partial charge in [-0.05, 0) is 115 Å². The van der Waals surface area contributed by atoms with Gasteiger partial charge in [-0.3, -0.25) is 0 Å². The fourth-order valence-corrected chi connectivity index (χ4v) is 14.7. The third-order valence-corrected chi connectivity index (χ3v) is 17.3. The van der Waals surface area contributed by atoms with Gasteiger partial charge in [0.25, 0.3) is 0 Å². The van der Waals surface area contributed by atoms with Crippen molar-refractivity contribution in [1.82, 2.24) is 0 Å². The third kappa shape index (κ3) is 6.26. The summed E-state index contributed by atoms with van der Waals surface area (Å²) in [5.74, 6) is 6.45. The normalized spacial score (nSPS) is 17.6. The van der Waals surface area contributed by atoms with Gasteiger partial charge in [0, 0.05) is 82.7 Å². The molecule has 0 saturated carbocycles. The van der Waals surface area contributed by atoms with Crippen LogP contribution in [0.4, 0.5) is 0 Å². The lowest BCUT2D eigenvalue weighted by molar-refractivity contribution is 0.380. The molecule has 0 heterocycles. The molecule has 0 radical (unpaired) electrons. The van der Waals surface area contributed by atoms with E-state index in [4.69, 9.17) is 37.9 Å². The molecular weight excluding hydrogens is 921 g/mol. The highest BCUT2D eigenvalue weighted by atomic mass is 16.5.